The lowest BCUT2D eigenvalue weighted by Crippen LogP contribution is -2.36. The highest BCUT2D eigenvalue weighted by atomic mass is 16.3. The number of hydrogen-bond donors (Lipinski definition) is 2. The van der Waals surface area contributed by atoms with Crippen LogP contribution >= 0.6 is 0 Å². The molecule has 1 aliphatic carbocycles. The second kappa shape index (κ2) is 6.16. The lowest BCUT2D eigenvalue weighted by molar-refractivity contribution is 0.199. The van der Waals surface area contributed by atoms with Crippen LogP contribution in [-0.4, -0.2) is 34.4 Å². The molecular weight excluding hydrogens is 228 g/mol. The lowest BCUT2D eigenvalue weighted by Gasteiger charge is -2.29. The molecule has 100 valence electrons. The molecule has 0 radical (unpaired) electrons. The van der Waals surface area contributed by atoms with Crippen molar-refractivity contribution in [2.75, 3.05) is 18.1 Å². The van der Waals surface area contributed by atoms with Gasteiger partial charge in [0.2, 0.25) is 0 Å². The van der Waals surface area contributed by atoms with Crippen molar-refractivity contribution < 1.29 is 10.2 Å². The highest BCUT2D eigenvalue weighted by Gasteiger charge is 2.23. The number of nitrogens with zero attached hydrogens (tertiary/aromatic N) is 2. The van der Waals surface area contributed by atoms with Crippen LogP contribution in [0.3, 0.4) is 0 Å². The van der Waals surface area contributed by atoms with E-state index in [0.717, 1.165) is 11.4 Å². The molecular formula is C14H22N2O2. The minimum Gasteiger partial charge on any atom is -0.395 e. The van der Waals surface area contributed by atoms with Crippen molar-refractivity contribution >= 4 is 5.82 Å². The second-order valence-corrected chi connectivity index (χ2v) is 4.98. The van der Waals surface area contributed by atoms with Gasteiger partial charge in [0.05, 0.1) is 12.7 Å². The summed E-state index contributed by atoms with van der Waals surface area (Å²) in [5, 5.41) is 18.7. The summed E-state index contributed by atoms with van der Waals surface area (Å²) in [5.74, 6) is 0.903. The maximum Gasteiger partial charge on any atom is 0.128 e. The Hall–Kier alpha value is -1.13. The Morgan fingerprint density at radius 3 is 2.61 bits per heavy atom. The molecule has 1 aromatic heterocycles. The van der Waals surface area contributed by atoms with Crippen LogP contribution in [0.1, 0.15) is 44.3 Å². The maximum atomic E-state index is 9.47. The van der Waals surface area contributed by atoms with Crippen LogP contribution < -0.4 is 4.90 Å². The smallest absolute Gasteiger partial charge is 0.128 e. The third kappa shape index (κ3) is 3.00. The summed E-state index contributed by atoms with van der Waals surface area (Å²) in [6.45, 7) is 2.52. The summed E-state index contributed by atoms with van der Waals surface area (Å²) in [6.07, 6.45) is 6.12. The Labute approximate surface area is 108 Å². The van der Waals surface area contributed by atoms with Gasteiger partial charge in [-0.05, 0) is 31.4 Å². The van der Waals surface area contributed by atoms with Crippen LogP contribution in [0, 0.1) is 0 Å². The van der Waals surface area contributed by atoms with Crippen molar-refractivity contribution in [1.29, 1.82) is 0 Å². The topological polar surface area (TPSA) is 56.6 Å². The van der Waals surface area contributed by atoms with Gasteiger partial charge >= 0.3 is 0 Å². The van der Waals surface area contributed by atoms with Crippen molar-refractivity contribution in [3.8, 4) is 0 Å². The zero-order chi connectivity index (χ0) is 13.0. The average Bonchev–Trinajstić information content (AvgIpc) is 2.90. The van der Waals surface area contributed by atoms with E-state index in [0.29, 0.717) is 12.6 Å². The van der Waals surface area contributed by atoms with Gasteiger partial charge in [-0.15, -0.1) is 0 Å². The summed E-state index contributed by atoms with van der Waals surface area (Å²) < 4.78 is 0. The van der Waals surface area contributed by atoms with E-state index in [4.69, 9.17) is 0 Å². The third-order valence-electron chi connectivity index (χ3n) is 3.65. The first-order valence-electron chi connectivity index (χ1n) is 6.74. The minimum atomic E-state index is -0.482. The predicted octanol–water partition coefficient (Wildman–Crippen LogP) is 1.88. The molecule has 0 aromatic carbocycles. The molecule has 2 rings (SSSR count). The van der Waals surface area contributed by atoms with E-state index >= 15 is 0 Å². The van der Waals surface area contributed by atoms with E-state index in [-0.39, 0.29) is 6.61 Å². The standard InChI is InChI=1S/C14H22N2O2/c1-11(18)12-6-7-14(15-10-12)16(8-9-17)13-4-2-3-5-13/h6-7,10-11,13,17-18H,2-5,8-9H2,1H3/t11-/m1/s1. The molecule has 1 saturated carbocycles. The molecule has 0 bridgehead atoms. The molecule has 18 heavy (non-hydrogen) atoms. The maximum absolute atomic E-state index is 9.47. The summed E-state index contributed by atoms with van der Waals surface area (Å²) in [5.41, 5.74) is 0.828. The number of aliphatic hydroxyl groups is 2. The Morgan fingerprint density at radius 1 is 1.39 bits per heavy atom. The molecule has 0 saturated heterocycles. The van der Waals surface area contributed by atoms with Crippen molar-refractivity contribution in [2.45, 2.75) is 44.8 Å². The molecule has 2 N–H and O–H groups in total. The second-order valence-electron chi connectivity index (χ2n) is 4.98. The van der Waals surface area contributed by atoms with Crippen LogP contribution in [0.4, 0.5) is 5.82 Å². The van der Waals surface area contributed by atoms with E-state index < -0.39 is 6.10 Å². The molecule has 4 heteroatoms. The van der Waals surface area contributed by atoms with E-state index in [9.17, 15) is 10.2 Å². The fourth-order valence-electron chi connectivity index (χ4n) is 2.62. The first-order valence-corrected chi connectivity index (χ1v) is 6.74. The minimum absolute atomic E-state index is 0.149. The highest BCUT2D eigenvalue weighted by molar-refractivity contribution is 5.41. The van der Waals surface area contributed by atoms with E-state index in [1.807, 2.05) is 12.1 Å². The van der Waals surface area contributed by atoms with Crippen LogP contribution in [0.15, 0.2) is 18.3 Å². The number of hydrogen-bond acceptors (Lipinski definition) is 4. The Balaban J connectivity index is 2.14. The zero-order valence-corrected chi connectivity index (χ0v) is 10.9. The fraction of sp³-hybridized carbons (Fsp3) is 0.643. The molecule has 1 atom stereocenters. The molecule has 0 amide bonds. The van der Waals surface area contributed by atoms with E-state index in [2.05, 4.69) is 9.88 Å². The zero-order valence-electron chi connectivity index (χ0n) is 10.9. The SMILES string of the molecule is C[C@@H](O)c1ccc(N(CCO)C2CCCC2)nc1. The molecule has 0 unspecified atom stereocenters. The highest BCUT2D eigenvalue weighted by Crippen LogP contribution is 2.27. The monoisotopic (exact) mass is 250 g/mol. The first-order chi connectivity index (χ1) is 8.72. The van der Waals surface area contributed by atoms with Crippen LogP contribution in [-0.2, 0) is 0 Å². The number of pyridine rings is 1. The Bertz CT molecular complexity index is 359. The third-order valence-corrected chi connectivity index (χ3v) is 3.65. The number of anilines is 1. The van der Waals surface area contributed by atoms with Gasteiger partial charge in [-0.2, -0.15) is 0 Å². The van der Waals surface area contributed by atoms with Gasteiger partial charge in [0.1, 0.15) is 5.82 Å². The van der Waals surface area contributed by atoms with Gasteiger partial charge in [-0.25, -0.2) is 4.98 Å². The lowest BCUT2D eigenvalue weighted by atomic mass is 10.1. The first kappa shape index (κ1) is 13.3. The normalized spacial score (nSPS) is 17.9. The largest absolute Gasteiger partial charge is 0.395 e. The van der Waals surface area contributed by atoms with Crippen molar-refractivity contribution in [3.05, 3.63) is 23.9 Å². The number of rotatable bonds is 5. The van der Waals surface area contributed by atoms with Crippen molar-refractivity contribution in [2.24, 2.45) is 0 Å². The van der Waals surface area contributed by atoms with Crippen molar-refractivity contribution in [3.63, 3.8) is 0 Å². The molecule has 4 nitrogen and oxygen atoms in total. The van der Waals surface area contributed by atoms with Gasteiger partial charge in [0.15, 0.2) is 0 Å². The van der Waals surface area contributed by atoms with Gasteiger partial charge in [-0.3, -0.25) is 0 Å². The number of aromatic nitrogens is 1. The molecule has 1 aromatic rings. The van der Waals surface area contributed by atoms with E-state index in [1.165, 1.54) is 25.7 Å². The van der Waals surface area contributed by atoms with Crippen molar-refractivity contribution in [1.82, 2.24) is 4.98 Å². The molecule has 1 aliphatic rings. The fourth-order valence-corrected chi connectivity index (χ4v) is 2.62. The van der Waals surface area contributed by atoms with Gasteiger partial charge in [0, 0.05) is 18.8 Å². The molecule has 0 spiro atoms. The summed E-state index contributed by atoms with van der Waals surface area (Å²) >= 11 is 0. The molecule has 0 aliphatic heterocycles. The average molecular weight is 250 g/mol. The van der Waals surface area contributed by atoms with Gasteiger partial charge in [-0.1, -0.05) is 18.9 Å². The number of aliphatic hydroxyl groups excluding tert-OH is 2. The quantitative estimate of drug-likeness (QED) is 0.837. The molecule has 1 heterocycles. The summed E-state index contributed by atoms with van der Waals surface area (Å²) in [7, 11) is 0. The van der Waals surface area contributed by atoms with Crippen LogP contribution in [0.2, 0.25) is 0 Å². The van der Waals surface area contributed by atoms with Gasteiger partial charge < -0.3 is 15.1 Å². The predicted molar refractivity (Wildman–Crippen MR) is 71.6 cm³/mol. The molecule has 1 fully saturated rings. The van der Waals surface area contributed by atoms with E-state index in [1.54, 1.807) is 13.1 Å². The Morgan fingerprint density at radius 2 is 2.11 bits per heavy atom. The summed E-state index contributed by atoms with van der Waals surface area (Å²) in [4.78, 5) is 6.61. The van der Waals surface area contributed by atoms with Gasteiger partial charge in [0.25, 0.3) is 0 Å². The Kier molecular flexibility index (Phi) is 4.55. The van der Waals surface area contributed by atoms with Crippen LogP contribution in [0.25, 0.3) is 0 Å². The van der Waals surface area contributed by atoms with Crippen LogP contribution in [0.5, 0.6) is 0 Å². The summed E-state index contributed by atoms with van der Waals surface area (Å²) in [6, 6.07) is 4.35.